The first kappa shape index (κ1) is 14.1. The zero-order valence-electron chi connectivity index (χ0n) is 10.2. The third kappa shape index (κ3) is 2.54. The van der Waals surface area contributed by atoms with Gasteiger partial charge in [-0.15, -0.1) is 0 Å². The van der Waals surface area contributed by atoms with Gasteiger partial charge in [-0.3, -0.25) is 10.5 Å². The van der Waals surface area contributed by atoms with Crippen molar-refractivity contribution in [3.63, 3.8) is 0 Å². The number of hydrogen-bond acceptors (Lipinski definition) is 3. The summed E-state index contributed by atoms with van der Waals surface area (Å²) >= 11 is 3.06. The van der Waals surface area contributed by atoms with Crippen LogP contribution in [0.2, 0.25) is 0 Å². The summed E-state index contributed by atoms with van der Waals surface area (Å²) in [5.41, 5.74) is 3.89. The maximum atomic E-state index is 13.6. The molecule has 102 valence electrons. The number of nitrogens with one attached hydrogen (secondary N) is 1. The minimum Gasteiger partial charge on any atom is -0.271 e. The molecule has 1 heterocycles. The Labute approximate surface area is 117 Å². The lowest BCUT2D eigenvalue weighted by molar-refractivity contribution is 0.494. The average molecular weight is 331 g/mol. The van der Waals surface area contributed by atoms with E-state index in [4.69, 9.17) is 5.84 Å². The van der Waals surface area contributed by atoms with E-state index < -0.39 is 17.7 Å². The van der Waals surface area contributed by atoms with Crippen molar-refractivity contribution in [3.8, 4) is 0 Å². The number of hydrazine groups is 1. The van der Waals surface area contributed by atoms with Gasteiger partial charge in [0.25, 0.3) is 0 Å². The monoisotopic (exact) mass is 330 g/mol. The molecule has 2 aromatic rings. The van der Waals surface area contributed by atoms with Crippen LogP contribution in [0.1, 0.15) is 24.2 Å². The molecule has 4 nitrogen and oxygen atoms in total. The fourth-order valence-corrected chi connectivity index (χ4v) is 2.50. The molecule has 2 rings (SSSR count). The molecule has 0 bridgehead atoms. The summed E-state index contributed by atoms with van der Waals surface area (Å²) in [4.78, 5) is 0. The highest BCUT2D eigenvalue weighted by Gasteiger charge is 2.22. The summed E-state index contributed by atoms with van der Waals surface area (Å²) in [6.07, 6.45) is 1.64. The third-order valence-corrected chi connectivity index (χ3v) is 3.69. The van der Waals surface area contributed by atoms with Gasteiger partial charge in [0, 0.05) is 12.7 Å². The second-order valence-electron chi connectivity index (χ2n) is 3.94. The maximum absolute atomic E-state index is 13.6. The van der Waals surface area contributed by atoms with Crippen molar-refractivity contribution in [1.82, 2.24) is 15.2 Å². The summed E-state index contributed by atoms with van der Waals surface area (Å²) in [6.45, 7) is 2.59. The third-order valence-electron chi connectivity index (χ3n) is 2.89. The fourth-order valence-electron chi connectivity index (χ4n) is 1.95. The van der Waals surface area contributed by atoms with Crippen LogP contribution >= 0.6 is 15.9 Å². The minimum absolute atomic E-state index is 0.0549. The van der Waals surface area contributed by atoms with Crippen molar-refractivity contribution in [3.05, 3.63) is 51.8 Å². The molecular weight excluding hydrogens is 318 g/mol. The minimum atomic E-state index is -0.930. The van der Waals surface area contributed by atoms with Gasteiger partial charge in [0.15, 0.2) is 11.6 Å². The van der Waals surface area contributed by atoms with Gasteiger partial charge in [-0.05, 0) is 40.5 Å². The number of rotatable bonds is 4. The lowest BCUT2D eigenvalue weighted by Gasteiger charge is -2.19. The van der Waals surface area contributed by atoms with Crippen LogP contribution in [0.3, 0.4) is 0 Å². The van der Waals surface area contributed by atoms with Crippen LogP contribution in [-0.4, -0.2) is 9.78 Å². The molecule has 1 unspecified atom stereocenters. The summed E-state index contributed by atoms with van der Waals surface area (Å²) in [7, 11) is 0. The molecule has 7 heteroatoms. The summed E-state index contributed by atoms with van der Waals surface area (Å²) in [5, 5.41) is 4.14. The molecule has 1 aromatic heterocycles. The van der Waals surface area contributed by atoms with E-state index in [9.17, 15) is 8.78 Å². The maximum Gasteiger partial charge on any atom is 0.173 e. The number of nitrogens with two attached hydrogens (primary N) is 1. The zero-order valence-corrected chi connectivity index (χ0v) is 11.8. The first-order chi connectivity index (χ1) is 9.10. The van der Waals surface area contributed by atoms with Crippen LogP contribution in [0.5, 0.6) is 0 Å². The lowest BCUT2D eigenvalue weighted by atomic mass is 10.0. The highest BCUT2D eigenvalue weighted by atomic mass is 79.9. The van der Waals surface area contributed by atoms with E-state index in [0.29, 0.717) is 12.1 Å². The number of aromatic nitrogens is 2. The van der Waals surface area contributed by atoms with Crippen LogP contribution < -0.4 is 11.3 Å². The Morgan fingerprint density at radius 1 is 1.42 bits per heavy atom. The van der Waals surface area contributed by atoms with E-state index in [0.717, 1.165) is 11.8 Å². The normalized spacial score (nSPS) is 12.7. The van der Waals surface area contributed by atoms with E-state index in [1.165, 1.54) is 6.07 Å². The van der Waals surface area contributed by atoms with Crippen LogP contribution in [0.15, 0.2) is 28.9 Å². The molecule has 0 saturated carbocycles. The number of halogens is 3. The Balaban J connectivity index is 2.52. The number of nitrogens with zero attached hydrogens (tertiary/aromatic N) is 2. The summed E-state index contributed by atoms with van der Waals surface area (Å²) < 4.78 is 28.5. The van der Waals surface area contributed by atoms with E-state index in [1.54, 1.807) is 16.9 Å². The first-order valence-electron chi connectivity index (χ1n) is 5.71. The highest BCUT2D eigenvalue weighted by Crippen LogP contribution is 2.31. The van der Waals surface area contributed by atoms with Crippen molar-refractivity contribution in [1.29, 1.82) is 0 Å². The van der Waals surface area contributed by atoms with E-state index >= 15 is 0 Å². The van der Waals surface area contributed by atoms with Gasteiger partial charge in [-0.1, -0.05) is 6.07 Å². The molecule has 3 N–H and O–H groups in total. The van der Waals surface area contributed by atoms with Gasteiger partial charge >= 0.3 is 0 Å². The molecule has 1 atom stereocenters. The van der Waals surface area contributed by atoms with Crippen molar-refractivity contribution in [2.45, 2.75) is 19.5 Å². The summed E-state index contributed by atoms with van der Waals surface area (Å²) in [5.74, 6) is 3.71. The Kier molecular flexibility index (Phi) is 4.28. The Hall–Kier alpha value is -1.31. The van der Waals surface area contributed by atoms with Crippen molar-refractivity contribution >= 4 is 15.9 Å². The van der Waals surface area contributed by atoms with Crippen molar-refractivity contribution < 1.29 is 8.78 Å². The number of aryl methyl sites for hydroxylation is 1. The standard InChI is InChI=1S/C12H13BrF2N4/c1-2-19-9(5-6-17-19)12(18-16)7-3-4-8(14)11(15)10(7)13/h3-6,12,18H,2,16H2,1H3. The predicted molar refractivity (Wildman–Crippen MR) is 71.1 cm³/mol. The smallest absolute Gasteiger partial charge is 0.173 e. The quantitative estimate of drug-likeness (QED) is 0.514. The molecule has 0 aliphatic rings. The average Bonchev–Trinajstić information content (AvgIpc) is 2.88. The van der Waals surface area contributed by atoms with Crippen LogP contribution in [-0.2, 0) is 6.54 Å². The van der Waals surface area contributed by atoms with Crippen LogP contribution in [0, 0.1) is 11.6 Å². The second-order valence-corrected chi connectivity index (χ2v) is 4.73. The van der Waals surface area contributed by atoms with E-state index in [1.807, 2.05) is 6.92 Å². The van der Waals surface area contributed by atoms with Crippen LogP contribution in [0.25, 0.3) is 0 Å². The molecule has 0 fully saturated rings. The topological polar surface area (TPSA) is 55.9 Å². The van der Waals surface area contributed by atoms with Crippen LogP contribution in [0.4, 0.5) is 8.78 Å². The van der Waals surface area contributed by atoms with Gasteiger partial charge in [-0.2, -0.15) is 5.10 Å². The molecule has 0 saturated heterocycles. The lowest BCUT2D eigenvalue weighted by Crippen LogP contribution is -2.31. The van der Waals surface area contributed by atoms with Gasteiger partial charge in [0.1, 0.15) is 0 Å². The van der Waals surface area contributed by atoms with Gasteiger partial charge in [0.2, 0.25) is 0 Å². The Bertz CT molecular complexity index is 585. The Morgan fingerprint density at radius 2 is 2.16 bits per heavy atom. The zero-order chi connectivity index (χ0) is 14.0. The van der Waals surface area contributed by atoms with E-state index in [2.05, 4.69) is 26.5 Å². The molecule has 0 aliphatic carbocycles. The molecule has 0 aliphatic heterocycles. The SMILES string of the molecule is CCn1nccc1C(NN)c1ccc(F)c(F)c1Br. The second kappa shape index (κ2) is 5.77. The predicted octanol–water partition coefficient (Wildman–Crippen LogP) is 2.50. The van der Waals surface area contributed by atoms with Gasteiger partial charge < -0.3 is 0 Å². The van der Waals surface area contributed by atoms with E-state index in [-0.39, 0.29) is 4.47 Å². The fraction of sp³-hybridized carbons (Fsp3) is 0.250. The molecule has 0 amide bonds. The largest absolute Gasteiger partial charge is 0.271 e. The van der Waals surface area contributed by atoms with Gasteiger partial charge in [0.05, 0.1) is 16.2 Å². The molecular formula is C12H13BrF2N4. The molecule has 1 aromatic carbocycles. The number of benzene rings is 1. The molecule has 0 radical (unpaired) electrons. The summed E-state index contributed by atoms with van der Waals surface area (Å²) in [6, 6.07) is 3.86. The number of hydrogen-bond donors (Lipinski definition) is 2. The molecule has 19 heavy (non-hydrogen) atoms. The Morgan fingerprint density at radius 3 is 2.79 bits per heavy atom. The first-order valence-corrected chi connectivity index (χ1v) is 6.50. The highest BCUT2D eigenvalue weighted by molar-refractivity contribution is 9.10. The van der Waals surface area contributed by atoms with Crippen molar-refractivity contribution in [2.75, 3.05) is 0 Å². The van der Waals surface area contributed by atoms with Crippen molar-refractivity contribution in [2.24, 2.45) is 5.84 Å². The molecule has 0 spiro atoms. The van der Waals surface area contributed by atoms with Gasteiger partial charge in [-0.25, -0.2) is 14.2 Å².